The van der Waals surface area contributed by atoms with Crippen molar-refractivity contribution in [1.29, 1.82) is 0 Å². The summed E-state index contributed by atoms with van der Waals surface area (Å²) in [6, 6.07) is 16.7. The van der Waals surface area contributed by atoms with Gasteiger partial charge in [-0.2, -0.15) is 0 Å². The Morgan fingerprint density at radius 1 is 1.12 bits per heavy atom. The van der Waals surface area contributed by atoms with Gasteiger partial charge < -0.3 is 9.84 Å². The highest BCUT2D eigenvalue weighted by atomic mass is 79.9. The van der Waals surface area contributed by atoms with E-state index < -0.39 is 18.1 Å². The van der Waals surface area contributed by atoms with Gasteiger partial charge in [0.05, 0.1) is 10.2 Å². The van der Waals surface area contributed by atoms with Crippen LogP contribution in [0.25, 0.3) is 10.8 Å². The first-order valence-electron chi connectivity index (χ1n) is 10.5. The highest BCUT2D eigenvalue weighted by Crippen LogP contribution is 2.41. The molecular formula is C25H24Br2N2O5. The van der Waals surface area contributed by atoms with Crippen molar-refractivity contribution < 1.29 is 24.6 Å². The predicted molar refractivity (Wildman–Crippen MR) is 138 cm³/mol. The highest BCUT2D eigenvalue weighted by molar-refractivity contribution is 9.11. The number of phenols is 1. The van der Waals surface area contributed by atoms with Gasteiger partial charge in [-0.3, -0.25) is 15.3 Å². The number of benzene rings is 3. The molecule has 0 aliphatic heterocycles. The Balaban J connectivity index is 1.83. The molecule has 0 unspecified atom stereocenters. The summed E-state index contributed by atoms with van der Waals surface area (Å²) in [5, 5.41) is 24.0. The van der Waals surface area contributed by atoms with Gasteiger partial charge in [0, 0.05) is 21.5 Å². The minimum absolute atomic E-state index is 0.0202. The summed E-state index contributed by atoms with van der Waals surface area (Å²) in [5.74, 6) is -0.858. The van der Waals surface area contributed by atoms with Crippen LogP contribution in [-0.2, 0) is 9.53 Å². The molecule has 0 spiro atoms. The molecule has 0 fully saturated rings. The lowest BCUT2D eigenvalue weighted by Gasteiger charge is -2.26. The number of fused-ring (bicyclic) bond motifs is 1. The van der Waals surface area contributed by atoms with E-state index in [1.165, 1.54) is 11.6 Å². The fraction of sp³-hybridized carbons (Fsp3) is 0.200. The van der Waals surface area contributed by atoms with Gasteiger partial charge in [-0.1, -0.05) is 65.3 Å². The standard InChI is InChI=1S/C25H24Br2N2O5/c1-15(7-2-5-12-22(30)29-33)24(19-13-17(26)14-20(27)23(19)31)34-25(32)28-21-11-6-9-16-8-3-4-10-18(16)21/h3-6,8-15,24,31,33H,2,7H2,1H3,(H,28,32)(H,29,30)/b12-5+/t15-,24+/m1/s1. The Morgan fingerprint density at radius 2 is 1.85 bits per heavy atom. The van der Waals surface area contributed by atoms with Crippen molar-refractivity contribution in [2.24, 2.45) is 5.92 Å². The molecule has 0 radical (unpaired) electrons. The summed E-state index contributed by atoms with van der Waals surface area (Å²) < 4.78 is 7.02. The van der Waals surface area contributed by atoms with Crippen LogP contribution in [0, 0.1) is 5.92 Å². The van der Waals surface area contributed by atoms with E-state index in [4.69, 9.17) is 9.94 Å². The van der Waals surface area contributed by atoms with Crippen molar-refractivity contribution in [3.63, 3.8) is 0 Å². The summed E-state index contributed by atoms with van der Waals surface area (Å²) in [5.41, 5.74) is 2.60. The van der Waals surface area contributed by atoms with Crippen LogP contribution in [0.1, 0.15) is 31.4 Å². The topological polar surface area (TPSA) is 108 Å². The third-order valence-electron chi connectivity index (χ3n) is 5.31. The number of aromatic hydroxyl groups is 1. The number of hydrogen-bond donors (Lipinski definition) is 4. The van der Waals surface area contributed by atoms with Crippen LogP contribution in [-0.4, -0.2) is 22.3 Å². The van der Waals surface area contributed by atoms with Crippen molar-refractivity contribution in [3.8, 4) is 5.75 Å². The molecule has 3 rings (SSSR count). The summed E-state index contributed by atoms with van der Waals surface area (Å²) >= 11 is 6.76. The zero-order valence-corrected chi connectivity index (χ0v) is 21.5. The fourth-order valence-corrected chi connectivity index (χ4v) is 4.87. The molecular weight excluding hydrogens is 568 g/mol. The molecule has 0 saturated carbocycles. The molecule has 178 valence electrons. The third-order valence-corrected chi connectivity index (χ3v) is 6.37. The molecule has 0 aromatic heterocycles. The number of hydrogen-bond acceptors (Lipinski definition) is 5. The van der Waals surface area contributed by atoms with Crippen LogP contribution >= 0.6 is 31.9 Å². The van der Waals surface area contributed by atoms with Crippen molar-refractivity contribution in [2.45, 2.75) is 25.9 Å². The van der Waals surface area contributed by atoms with E-state index in [2.05, 4.69) is 37.2 Å². The van der Waals surface area contributed by atoms with E-state index in [9.17, 15) is 14.7 Å². The molecule has 3 aromatic carbocycles. The molecule has 2 atom stereocenters. The molecule has 34 heavy (non-hydrogen) atoms. The van der Waals surface area contributed by atoms with E-state index >= 15 is 0 Å². The number of rotatable bonds is 8. The molecule has 9 heteroatoms. The monoisotopic (exact) mass is 590 g/mol. The minimum Gasteiger partial charge on any atom is -0.506 e. The van der Waals surface area contributed by atoms with Crippen molar-refractivity contribution in [1.82, 2.24) is 5.48 Å². The second kappa shape index (κ2) is 12.0. The van der Waals surface area contributed by atoms with Crippen LogP contribution in [0.3, 0.4) is 0 Å². The van der Waals surface area contributed by atoms with E-state index in [1.54, 1.807) is 24.3 Å². The van der Waals surface area contributed by atoms with Gasteiger partial charge in [0.2, 0.25) is 0 Å². The van der Waals surface area contributed by atoms with Gasteiger partial charge in [0.15, 0.2) is 0 Å². The van der Waals surface area contributed by atoms with Crippen LogP contribution in [0.2, 0.25) is 0 Å². The van der Waals surface area contributed by atoms with Crippen molar-refractivity contribution >= 4 is 60.3 Å². The van der Waals surface area contributed by atoms with E-state index in [-0.39, 0.29) is 11.7 Å². The lowest BCUT2D eigenvalue weighted by molar-refractivity contribution is -0.124. The zero-order valence-electron chi connectivity index (χ0n) is 18.3. The maximum absolute atomic E-state index is 13.0. The van der Waals surface area contributed by atoms with Crippen molar-refractivity contribution in [2.75, 3.05) is 5.32 Å². The van der Waals surface area contributed by atoms with Crippen LogP contribution < -0.4 is 10.8 Å². The van der Waals surface area contributed by atoms with Crippen LogP contribution in [0.15, 0.2) is 75.7 Å². The average molecular weight is 592 g/mol. The SMILES string of the molecule is C[C@H](CC/C=C/C(=O)NO)[C@H](OC(=O)Nc1cccc2ccccc12)c1cc(Br)cc(Br)c1O. The normalized spacial score (nSPS) is 12.9. The molecule has 0 bridgehead atoms. The Kier molecular flexibility index (Phi) is 9.09. The average Bonchev–Trinajstić information content (AvgIpc) is 2.82. The first-order valence-corrected chi connectivity index (χ1v) is 12.1. The Morgan fingerprint density at radius 3 is 2.62 bits per heavy atom. The lowest BCUT2D eigenvalue weighted by atomic mass is 9.92. The Labute approximate surface area is 214 Å². The fourth-order valence-electron chi connectivity index (χ4n) is 3.62. The molecule has 0 saturated heterocycles. The van der Waals surface area contributed by atoms with E-state index in [1.807, 2.05) is 43.3 Å². The van der Waals surface area contributed by atoms with E-state index in [0.717, 1.165) is 10.8 Å². The predicted octanol–water partition coefficient (Wildman–Crippen LogP) is 6.84. The first kappa shape index (κ1) is 25.7. The first-order chi connectivity index (χ1) is 16.3. The molecule has 3 aromatic rings. The number of phenolic OH excluding ortho intramolecular Hbond substituents is 1. The number of anilines is 1. The number of hydroxylamine groups is 1. The second-order valence-electron chi connectivity index (χ2n) is 7.74. The molecule has 7 nitrogen and oxygen atoms in total. The number of halogens is 2. The quantitative estimate of drug-likeness (QED) is 0.130. The minimum atomic E-state index is -0.774. The van der Waals surface area contributed by atoms with Gasteiger partial charge in [-0.15, -0.1) is 0 Å². The molecule has 0 heterocycles. The lowest BCUT2D eigenvalue weighted by Crippen LogP contribution is -2.22. The van der Waals surface area contributed by atoms with Crippen molar-refractivity contribution in [3.05, 3.63) is 81.3 Å². The molecule has 2 amide bonds. The molecule has 4 N–H and O–H groups in total. The summed E-state index contributed by atoms with van der Waals surface area (Å²) in [6.07, 6.45) is 2.46. The number of ether oxygens (including phenoxy) is 1. The number of carbonyl (C=O) groups is 2. The Hall–Kier alpha value is -2.88. The maximum Gasteiger partial charge on any atom is 0.412 e. The van der Waals surface area contributed by atoms with Gasteiger partial charge in [0.25, 0.3) is 5.91 Å². The highest BCUT2D eigenvalue weighted by Gasteiger charge is 2.27. The van der Waals surface area contributed by atoms with Crippen LogP contribution in [0.4, 0.5) is 10.5 Å². The summed E-state index contributed by atoms with van der Waals surface area (Å²) in [7, 11) is 0. The number of amides is 2. The summed E-state index contributed by atoms with van der Waals surface area (Å²) in [6.45, 7) is 1.89. The zero-order chi connectivity index (χ0) is 24.7. The smallest absolute Gasteiger partial charge is 0.412 e. The Bertz CT molecular complexity index is 1210. The third kappa shape index (κ3) is 6.59. The van der Waals surface area contributed by atoms with Gasteiger partial charge in [-0.05, 0) is 58.3 Å². The number of nitrogens with one attached hydrogen (secondary N) is 2. The largest absolute Gasteiger partial charge is 0.506 e. The maximum atomic E-state index is 13.0. The van der Waals surface area contributed by atoms with Gasteiger partial charge >= 0.3 is 6.09 Å². The molecule has 0 aliphatic rings. The number of carbonyl (C=O) groups excluding carboxylic acids is 2. The van der Waals surface area contributed by atoms with Gasteiger partial charge in [0.1, 0.15) is 11.9 Å². The molecule has 0 aliphatic carbocycles. The van der Waals surface area contributed by atoms with Gasteiger partial charge in [-0.25, -0.2) is 10.3 Å². The van der Waals surface area contributed by atoms with Crippen LogP contribution in [0.5, 0.6) is 5.75 Å². The number of allylic oxidation sites excluding steroid dienone is 1. The second-order valence-corrected chi connectivity index (χ2v) is 9.51. The van der Waals surface area contributed by atoms with E-state index in [0.29, 0.717) is 33.0 Å². The summed E-state index contributed by atoms with van der Waals surface area (Å²) in [4.78, 5) is 24.1.